The van der Waals surface area contributed by atoms with Gasteiger partial charge in [0.05, 0.1) is 26.0 Å². The summed E-state index contributed by atoms with van der Waals surface area (Å²) in [5, 5.41) is 7.00. The van der Waals surface area contributed by atoms with Crippen LogP contribution in [0.15, 0.2) is 18.2 Å². The molecule has 3 N–H and O–H groups in total. The zero-order chi connectivity index (χ0) is 14.7. The molecule has 1 aromatic carbocycles. The molecule has 0 unspecified atom stereocenters. The zero-order valence-electron chi connectivity index (χ0n) is 12.3. The molecule has 1 heterocycles. The van der Waals surface area contributed by atoms with E-state index < -0.39 is 0 Å². The van der Waals surface area contributed by atoms with E-state index in [1.807, 2.05) is 32.0 Å². The minimum Gasteiger partial charge on any atom is -0.495 e. The van der Waals surface area contributed by atoms with Crippen LogP contribution < -0.4 is 15.4 Å². The van der Waals surface area contributed by atoms with Gasteiger partial charge in [-0.25, -0.2) is 0 Å². The van der Waals surface area contributed by atoms with Gasteiger partial charge in [0.2, 0.25) is 0 Å². The highest BCUT2D eigenvalue weighted by Gasteiger charge is 2.12. The molecule has 0 aliphatic carbocycles. The summed E-state index contributed by atoms with van der Waals surface area (Å²) in [6.45, 7) is 7.41. The van der Waals surface area contributed by atoms with Crippen molar-refractivity contribution in [3.63, 3.8) is 0 Å². The van der Waals surface area contributed by atoms with Gasteiger partial charge in [-0.1, -0.05) is 13.8 Å². The van der Waals surface area contributed by atoms with Gasteiger partial charge in [-0.15, -0.1) is 0 Å². The zero-order valence-corrected chi connectivity index (χ0v) is 12.3. The van der Waals surface area contributed by atoms with Gasteiger partial charge in [0.1, 0.15) is 5.75 Å². The Morgan fingerprint density at radius 1 is 1.21 bits per heavy atom. The van der Waals surface area contributed by atoms with Gasteiger partial charge in [0.25, 0.3) is 0 Å². The molecule has 5 heteroatoms. The first-order chi connectivity index (χ1) is 9.31. The van der Waals surface area contributed by atoms with Crippen molar-refractivity contribution in [1.29, 1.82) is 0 Å². The van der Waals surface area contributed by atoms with E-state index in [1.54, 1.807) is 7.11 Å². The second-order valence-corrected chi connectivity index (χ2v) is 3.53. The van der Waals surface area contributed by atoms with Crippen LogP contribution in [0.5, 0.6) is 5.75 Å². The van der Waals surface area contributed by atoms with Crippen molar-refractivity contribution < 1.29 is 14.6 Å². The molecule has 19 heavy (non-hydrogen) atoms. The smallest absolute Gasteiger partial charge is 0.141 e. The van der Waals surface area contributed by atoms with Crippen LogP contribution in [0.1, 0.15) is 13.8 Å². The highest BCUT2D eigenvalue weighted by atomic mass is 16.5. The molecule has 0 spiro atoms. The summed E-state index contributed by atoms with van der Waals surface area (Å²) in [4.78, 5) is 2.26. The van der Waals surface area contributed by atoms with Crippen molar-refractivity contribution in [2.45, 2.75) is 13.8 Å². The normalized spacial score (nSPS) is 13.6. The largest absolute Gasteiger partial charge is 0.495 e. The molecule has 5 nitrogen and oxygen atoms in total. The molecule has 0 amide bonds. The lowest BCUT2D eigenvalue weighted by Gasteiger charge is -2.29. The monoisotopic (exact) mass is 270 g/mol. The number of methoxy groups -OCH3 is 1. The van der Waals surface area contributed by atoms with Crippen molar-refractivity contribution in [1.82, 2.24) is 0 Å². The average Bonchev–Trinajstić information content (AvgIpc) is 2.52. The predicted molar refractivity (Wildman–Crippen MR) is 79.9 cm³/mol. The van der Waals surface area contributed by atoms with Gasteiger partial charge >= 0.3 is 0 Å². The number of ether oxygens (including phenoxy) is 2. The lowest BCUT2D eigenvalue weighted by atomic mass is 10.2. The summed E-state index contributed by atoms with van der Waals surface area (Å²) in [7, 11) is 2.63. The van der Waals surface area contributed by atoms with Gasteiger partial charge in [-0.2, -0.15) is 0 Å². The van der Waals surface area contributed by atoms with Crippen molar-refractivity contribution in [3.8, 4) is 5.75 Å². The molecule has 0 atom stereocenters. The Morgan fingerprint density at radius 3 is 2.26 bits per heavy atom. The molecule has 1 aromatic rings. The SMILES string of the molecule is CC.CO.COc1ccc(N2CCOCC2)cc1N. The number of nitrogen functional groups attached to an aromatic ring is 1. The second-order valence-electron chi connectivity index (χ2n) is 3.53. The molecule has 1 fully saturated rings. The molecular weight excluding hydrogens is 244 g/mol. The molecular formula is C14H26N2O3. The molecule has 1 saturated heterocycles. The van der Waals surface area contributed by atoms with E-state index in [2.05, 4.69) is 4.90 Å². The van der Waals surface area contributed by atoms with Gasteiger partial charge < -0.3 is 25.2 Å². The number of hydrogen-bond acceptors (Lipinski definition) is 5. The number of morpholine rings is 1. The quantitative estimate of drug-likeness (QED) is 0.801. The fourth-order valence-electron chi connectivity index (χ4n) is 1.74. The van der Waals surface area contributed by atoms with Crippen molar-refractivity contribution in [3.05, 3.63) is 18.2 Å². The highest BCUT2D eigenvalue weighted by Crippen LogP contribution is 2.27. The molecule has 0 radical (unpaired) electrons. The Morgan fingerprint density at radius 2 is 1.79 bits per heavy atom. The van der Waals surface area contributed by atoms with Crippen LogP contribution in [-0.2, 0) is 4.74 Å². The third-order valence-electron chi connectivity index (χ3n) is 2.59. The van der Waals surface area contributed by atoms with Crippen LogP contribution in [0.3, 0.4) is 0 Å². The van der Waals surface area contributed by atoms with Crippen LogP contribution in [0.25, 0.3) is 0 Å². The van der Waals surface area contributed by atoms with Gasteiger partial charge in [-0.3, -0.25) is 0 Å². The van der Waals surface area contributed by atoms with Crippen LogP contribution in [-0.4, -0.2) is 45.6 Å². The number of rotatable bonds is 2. The van der Waals surface area contributed by atoms with E-state index in [0.717, 1.165) is 44.8 Å². The minimum atomic E-state index is 0.682. The fourth-order valence-corrected chi connectivity index (χ4v) is 1.74. The molecule has 2 rings (SSSR count). The Kier molecular flexibility index (Phi) is 9.66. The minimum absolute atomic E-state index is 0.682. The topological polar surface area (TPSA) is 68.0 Å². The maximum Gasteiger partial charge on any atom is 0.141 e. The summed E-state index contributed by atoms with van der Waals surface area (Å²) >= 11 is 0. The Balaban J connectivity index is 0.000000741. The standard InChI is InChI=1S/C11H16N2O2.C2H6.CH4O/c1-14-11-3-2-9(8-10(11)12)13-4-6-15-7-5-13;2*1-2/h2-3,8H,4-7,12H2,1H3;1-2H3;2H,1H3. The van der Waals surface area contributed by atoms with E-state index in [9.17, 15) is 0 Å². The highest BCUT2D eigenvalue weighted by molar-refractivity contribution is 5.63. The molecule has 0 aromatic heterocycles. The van der Waals surface area contributed by atoms with Crippen LogP contribution in [0.2, 0.25) is 0 Å². The second kappa shape index (κ2) is 10.5. The van der Waals surface area contributed by atoms with E-state index >= 15 is 0 Å². The number of anilines is 2. The van der Waals surface area contributed by atoms with Crippen LogP contribution in [0, 0.1) is 0 Å². The Bertz CT molecular complexity index is 339. The molecule has 1 aliphatic rings. The molecule has 0 bridgehead atoms. The van der Waals surface area contributed by atoms with E-state index in [4.69, 9.17) is 20.3 Å². The molecule has 110 valence electrons. The van der Waals surface area contributed by atoms with Crippen molar-refractivity contribution in [2.24, 2.45) is 0 Å². The number of hydrogen-bond donors (Lipinski definition) is 2. The maximum absolute atomic E-state index is 7.00. The number of aliphatic hydroxyl groups is 1. The van der Waals surface area contributed by atoms with Crippen LogP contribution >= 0.6 is 0 Å². The van der Waals surface area contributed by atoms with Crippen LogP contribution in [0.4, 0.5) is 11.4 Å². The van der Waals surface area contributed by atoms with Gasteiger partial charge in [0.15, 0.2) is 0 Å². The summed E-state index contributed by atoms with van der Waals surface area (Å²) < 4.78 is 10.4. The lowest BCUT2D eigenvalue weighted by Crippen LogP contribution is -2.36. The predicted octanol–water partition coefficient (Wildman–Crippen LogP) is 1.75. The Hall–Kier alpha value is -1.46. The number of benzene rings is 1. The molecule has 0 saturated carbocycles. The third kappa shape index (κ3) is 5.36. The number of aliphatic hydroxyl groups excluding tert-OH is 1. The van der Waals surface area contributed by atoms with E-state index in [-0.39, 0.29) is 0 Å². The third-order valence-corrected chi connectivity index (χ3v) is 2.59. The summed E-state index contributed by atoms with van der Waals surface area (Å²) in [5.74, 6) is 0.729. The van der Waals surface area contributed by atoms with E-state index in [1.165, 1.54) is 0 Å². The number of nitrogens with two attached hydrogens (primary N) is 1. The summed E-state index contributed by atoms with van der Waals surface area (Å²) in [5.41, 5.74) is 7.67. The average molecular weight is 270 g/mol. The van der Waals surface area contributed by atoms with Gasteiger partial charge in [0, 0.05) is 25.9 Å². The first kappa shape index (κ1) is 17.5. The summed E-state index contributed by atoms with van der Waals surface area (Å²) in [6.07, 6.45) is 0. The molecule has 1 aliphatic heterocycles. The van der Waals surface area contributed by atoms with Gasteiger partial charge in [-0.05, 0) is 18.2 Å². The van der Waals surface area contributed by atoms with Crippen molar-refractivity contribution >= 4 is 11.4 Å². The van der Waals surface area contributed by atoms with Crippen molar-refractivity contribution in [2.75, 3.05) is 51.2 Å². The maximum atomic E-state index is 7.00. The summed E-state index contributed by atoms with van der Waals surface area (Å²) in [6, 6.07) is 5.88. The lowest BCUT2D eigenvalue weighted by molar-refractivity contribution is 0.122. The number of nitrogens with zero attached hydrogens (tertiary/aromatic N) is 1. The van der Waals surface area contributed by atoms with E-state index in [0.29, 0.717) is 5.69 Å². The first-order valence-corrected chi connectivity index (χ1v) is 6.52. The fraction of sp³-hybridized carbons (Fsp3) is 0.571. The Labute approximate surface area is 115 Å². The first-order valence-electron chi connectivity index (χ1n) is 6.52.